The Morgan fingerprint density at radius 1 is 1.07 bits per heavy atom. The summed E-state index contributed by atoms with van der Waals surface area (Å²) in [6.07, 6.45) is -4.37. The number of anilines is 2. The highest BCUT2D eigenvalue weighted by Crippen LogP contribution is 2.32. The number of amides is 2. The maximum absolute atomic E-state index is 12.9. The van der Waals surface area contributed by atoms with Gasteiger partial charge in [0.1, 0.15) is 0 Å². The molecule has 0 aromatic heterocycles. The van der Waals surface area contributed by atoms with Crippen molar-refractivity contribution in [2.24, 2.45) is 0 Å². The van der Waals surface area contributed by atoms with Crippen LogP contribution in [0.4, 0.5) is 29.3 Å². The lowest BCUT2D eigenvalue weighted by molar-refractivity contribution is -0.137. The van der Waals surface area contributed by atoms with Crippen LogP contribution in [0.25, 0.3) is 0 Å². The average Bonchev–Trinajstić information content (AvgIpc) is 2.65. The van der Waals surface area contributed by atoms with Gasteiger partial charge in [0.05, 0.1) is 5.56 Å². The minimum atomic E-state index is -4.37. The molecular weight excluding hydrogens is 379 g/mol. The fraction of sp³-hybridized carbons (Fsp3) is 0.316. The standard InChI is InChI=1S/C19H19ClF3N3O/c1-13-16(20)6-3-7-17(13)24-18(27)26-10-8-25(9-11-26)15-5-2-4-14(12-15)19(21,22)23/h2-7,12H,8-11H2,1H3,(H,24,27). The molecule has 1 fully saturated rings. The Bertz CT molecular complexity index is 833. The van der Waals surface area contributed by atoms with E-state index in [1.165, 1.54) is 6.07 Å². The van der Waals surface area contributed by atoms with Crippen molar-refractivity contribution in [1.29, 1.82) is 0 Å². The average molecular weight is 398 g/mol. The van der Waals surface area contributed by atoms with Crippen molar-refractivity contribution in [3.8, 4) is 0 Å². The minimum absolute atomic E-state index is 0.246. The molecule has 2 aromatic carbocycles. The molecule has 0 bridgehead atoms. The molecule has 1 aliphatic heterocycles. The molecule has 27 heavy (non-hydrogen) atoms. The Balaban J connectivity index is 1.62. The third kappa shape index (κ3) is 4.47. The van der Waals surface area contributed by atoms with Gasteiger partial charge in [0.15, 0.2) is 0 Å². The van der Waals surface area contributed by atoms with Crippen LogP contribution in [-0.2, 0) is 6.18 Å². The number of benzene rings is 2. The Hall–Kier alpha value is -2.41. The number of hydrogen-bond acceptors (Lipinski definition) is 2. The van der Waals surface area contributed by atoms with Gasteiger partial charge < -0.3 is 15.1 Å². The Morgan fingerprint density at radius 2 is 1.74 bits per heavy atom. The molecule has 144 valence electrons. The molecule has 3 rings (SSSR count). The molecule has 0 aliphatic carbocycles. The van der Waals surface area contributed by atoms with Crippen LogP contribution < -0.4 is 10.2 Å². The van der Waals surface area contributed by atoms with Gasteiger partial charge in [0.2, 0.25) is 0 Å². The molecular formula is C19H19ClF3N3O. The molecule has 1 heterocycles. The summed E-state index contributed by atoms with van der Waals surface area (Å²) < 4.78 is 38.6. The number of carbonyl (C=O) groups excluding carboxylic acids is 1. The zero-order valence-electron chi connectivity index (χ0n) is 14.7. The second-order valence-electron chi connectivity index (χ2n) is 6.36. The Kier molecular flexibility index (Phi) is 5.51. The van der Waals surface area contributed by atoms with Crippen LogP contribution in [0.5, 0.6) is 0 Å². The summed E-state index contributed by atoms with van der Waals surface area (Å²) in [4.78, 5) is 16.0. The first-order valence-electron chi connectivity index (χ1n) is 8.49. The molecule has 1 N–H and O–H groups in total. The molecule has 2 aromatic rings. The largest absolute Gasteiger partial charge is 0.416 e. The highest BCUT2D eigenvalue weighted by Gasteiger charge is 2.31. The van der Waals surface area contributed by atoms with Gasteiger partial charge in [-0.3, -0.25) is 0 Å². The third-order valence-electron chi connectivity index (χ3n) is 4.61. The van der Waals surface area contributed by atoms with Gasteiger partial charge in [0, 0.05) is 42.6 Å². The van der Waals surface area contributed by atoms with E-state index in [1.807, 2.05) is 11.8 Å². The maximum atomic E-state index is 12.9. The Morgan fingerprint density at radius 3 is 2.41 bits per heavy atom. The minimum Gasteiger partial charge on any atom is -0.368 e. The molecule has 1 saturated heterocycles. The molecule has 0 saturated carbocycles. The third-order valence-corrected chi connectivity index (χ3v) is 5.02. The summed E-state index contributed by atoms with van der Waals surface area (Å²) in [5.74, 6) is 0. The summed E-state index contributed by atoms with van der Waals surface area (Å²) in [7, 11) is 0. The van der Waals surface area contributed by atoms with Crippen molar-refractivity contribution in [1.82, 2.24) is 4.90 Å². The molecule has 8 heteroatoms. The second kappa shape index (κ2) is 7.68. The number of hydrogen-bond donors (Lipinski definition) is 1. The van der Waals surface area contributed by atoms with Crippen LogP contribution in [0.15, 0.2) is 42.5 Å². The van der Waals surface area contributed by atoms with Crippen molar-refractivity contribution in [2.45, 2.75) is 13.1 Å². The normalized spacial score (nSPS) is 15.0. The van der Waals surface area contributed by atoms with Gasteiger partial charge in [-0.05, 0) is 42.8 Å². The van der Waals surface area contributed by atoms with Crippen LogP contribution in [0.1, 0.15) is 11.1 Å². The van der Waals surface area contributed by atoms with Crippen LogP contribution in [0.2, 0.25) is 5.02 Å². The summed E-state index contributed by atoms with van der Waals surface area (Å²) in [5.41, 5.74) is 1.27. The first-order chi connectivity index (χ1) is 12.8. The molecule has 0 unspecified atom stereocenters. The number of halogens is 4. The summed E-state index contributed by atoms with van der Waals surface area (Å²) in [5, 5.41) is 3.41. The van der Waals surface area contributed by atoms with Crippen molar-refractivity contribution < 1.29 is 18.0 Å². The smallest absolute Gasteiger partial charge is 0.368 e. The van der Waals surface area contributed by atoms with E-state index in [0.717, 1.165) is 17.7 Å². The highest BCUT2D eigenvalue weighted by atomic mass is 35.5. The summed E-state index contributed by atoms with van der Waals surface area (Å²) >= 11 is 6.06. The van der Waals surface area contributed by atoms with Crippen molar-refractivity contribution in [2.75, 3.05) is 36.4 Å². The van der Waals surface area contributed by atoms with E-state index in [9.17, 15) is 18.0 Å². The number of rotatable bonds is 2. The van der Waals surface area contributed by atoms with Crippen LogP contribution in [0, 0.1) is 6.92 Å². The van der Waals surface area contributed by atoms with Gasteiger partial charge in [-0.15, -0.1) is 0 Å². The number of nitrogens with one attached hydrogen (secondary N) is 1. The predicted octanol–water partition coefficient (Wildman–Crippen LogP) is 5.02. The van der Waals surface area contributed by atoms with Crippen LogP contribution in [0.3, 0.4) is 0 Å². The zero-order valence-corrected chi connectivity index (χ0v) is 15.4. The van der Waals surface area contributed by atoms with Crippen molar-refractivity contribution in [3.63, 3.8) is 0 Å². The van der Waals surface area contributed by atoms with E-state index >= 15 is 0 Å². The van der Waals surface area contributed by atoms with E-state index < -0.39 is 11.7 Å². The lowest BCUT2D eigenvalue weighted by Gasteiger charge is -2.36. The monoisotopic (exact) mass is 397 g/mol. The lowest BCUT2D eigenvalue weighted by atomic mass is 10.1. The fourth-order valence-corrected chi connectivity index (χ4v) is 3.16. The van der Waals surface area contributed by atoms with Gasteiger partial charge in [-0.1, -0.05) is 23.7 Å². The number of piperazine rings is 1. The fourth-order valence-electron chi connectivity index (χ4n) is 2.98. The predicted molar refractivity (Wildman–Crippen MR) is 100 cm³/mol. The van der Waals surface area contributed by atoms with Gasteiger partial charge in [-0.2, -0.15) is 13.2 Å². The summed E-state index contributed by atoms with van der Waals surface area (Å²) in [6.45, 7) is 3.58. The van der Waals surface area contributed by atoms with Crippen LogP contribution >= 0.6 is 11.6 Å². The van der Waals surface area contributed by atoms with Gasteiger partial charge in [-0.25, -0.2) is 4.79 Å². The molecule has 0 radical (unpaired) electrons. The van der Waals surface area contributed by atoms with Crippen molar-refractivity contribution >= 4 is 29.0 Å². The van der Waals surface area contributed by atoms with E-state index in [0.29, 0.717) is 42.6 Å². The van der Waals surface area contributed by atoms with E-state index in [-0.39, 0.29) is 6.03 Å². The SMILES string of the molecule is Cc1c(Cl)cccc1NC(=O)N1CCN(c2cccc(C(F)(F)F)c2)CC1. The van der Waals surface area contributed by atoms with Crippen LogP contribution in [-0.4, -0.2) is 37.1 Å². The Labute approximate surface area is 160 Å². The van der Waals surface area contributed by atoms with E-state index in [1.54, 1.807) is 29.2 Å². The molecule has 1 aliphatic rings. The molecule has 0 spiro atoms. The quantitative estimate of drug-likeness (QED) is 0.772. The zero-order chi connectivity index (χ0) is 19.6. The van der Waals surface area contributed by atoms with Gasteiger partial charge >= 0.3 is 12.2 Å². The molecule has 0 atom stereocenters. The number of nitrogens with zero attached hydrogens (tertiary/aromatic N) is 2. The lowest BCUT2D eigenvalue weighted by Crippen LogP contribution is -2.50. The topological polar surface area (TPSA) is 35.6 Å². The first-order valence-corrected chi connectivity index (χ1v) is 8.87. The molecule has 2 amide bonds. The van der Waals surface area contributed by atoms with E-state index in [2.05, 4.69) is 5.32 Å². The highest BCUT2D eigenvalue weighted by molar-refractivity contribution is 6.31. The van der Waals surface area contributed by atoms with Crippen molar-refractivity contribution in [3.05, 3.63) is 58.6 Å². The van der Waals surface area contributed by atoms with E-state index in [4.69, 9.17) is 11.6 Å². The first kappa shape index (κ1) is 19.4. The summed E-state index contributed by atoms with van der Waals surface area (Å²) in [6, 6.07) is 10.3. The molecule has 4 nitrogen and oxygen atoms in total. The van der Waals surface area contributed by atoms with Gasteiger partial charge in [0.25, 0.3) is 0 Å². The number of carbonyl (C=O) groups is 1. The number of urea groups is 1. The maximum Gasteiger partial charge on any atom is 0.416 e. The second-order valence-corrected chi connectivity index (χ2v) is 6.77. The number of alkyl halides is 3.